The molecule has 1 heterocycles. The van der Waals surface area contributed by atoms with Crippen LogP contribution in [0.3, 0.4) is 0 Å². The zero-order valence-corrected chi connectivity index (χ0v) is 17.7. The summed E-state index contributed by atoms with van der Waals surface area (Å²) in [7, 11) is 1.80. The molecule has 1 aliphatic heterocycles. The fraction of sp³-hybridized carbons (Fsp3) is 0.857. The Kier molecular flexibility index (Phi) is 5.76. The van der Waals surface area contributed by atoms with Gasteiger partial charge in [-0.2, -0.15) is 0 Å². The summed E-state index contributed by atoms with van der Waals surface area (Å²) in [5.74, 6) is -0.872. The highest BCUT2D eigenvalue weighted by Crippen LogP contribution is 2.60. The predicted octanol–water partition coefficient (Wildman–Crippen LogP) is 1.93. The van der Waals surface area contributed by atoms with Gasteiger partial charge in [0.2, 0.25) is 0 Å². The summed E-state index contributed by atoms with van der Waals surface area (Å²) in [6, 6.07) is 0. The van der Waals surface area contributed by atoms with Crippen LogP contribution in [0.1, 0.15) is 47.5 Å². The Hall–Kier alpha value is -1.63. The maximum absolute atomic E-state index is 12.6. The number of carbonyl (C=O) groups excluding carboxylic acids is 3. The normalized spacial score (nSPS) is 44.9. The van der Waals surface area contributed by atoms with Crippen LogP contribution < -0.4 is 5.32 Å². The van der Waals surface area contributed by atoms with Gasteiger partial charge in [0.15, 0.2) is 0 Å². The molecule has 0 aromatic carbocycles. The molecule has 3 fully saturated rings. The van der Waals surface area contributed by atoms with E-state index in [2.05, 4.69) is 26.1 Å². The van der Waals surface area contributed by atoms with Gasteiger partial charge in [0.25, 0.3) is 0 Å². The highest BCUT2D eigenvalue weighted by atomic mass is 16.6. The van der Waals surface area contributed by atoms with E-state index < -0.39 is 17.4 Å². The number of esters is 3. The molecule has 0 radical (unpaired) electrons. The molecule has 3 aliphatic rings. The first-order valence-electron chi connectivity index (χ1n) is 10.3. The number of fused-ring (bicyclic) bond motifs is 2. The summed E-state index contributed by atoms with van der Waals surface area (Å²) in [6.45, 7) is 9.68. The Balaban J connectivity index is 2.12. The standard InChI is InChI=1S/C21H33NO6/c1-10-7-15-17(14(9-22-6)20(25)28-15)19(27-13(4)24)21(5)16(26-12(3)23)8-11(2)18(10)21/h10-11,14-19,22H,7-9H2,1-6H3/t10-,11+,14?,15+,16+,17-,18-,19+,21-/m1/s1. The maximum Gasteiger partial charge on any atom is 0.311 e. The summed E-state index contributed by atoms with van der Waals surface area (Å²) in [4.78, 5) is 36.6. The van der Waals surface area contributed by atoms with E-state index >= 15 is 0 Å². The average molecular weight is 395 g/mol. The maximum atomic E-state index is 12.6. The molecule has 0 bridgehead atoms. The van der Waals surface area contributed by atoms with Gasteiger partial charge in [-0.1, -0.05) is 20.8 Å². The van der Waals surface area contributed by atoms with Gasteiger partial charge in [-0.3, -0.25) is 14.4 Å². The molecule has 0 aromatic heterocycles. The van der Waals surface area contributed by atoms with Crippen LogP contribution in [0.5, 0.6) is 0 Å². The van der Waals surface area contributed by atoms with Gasteiger partial charge in [-0.15, -0.1) is 0 Å². The molecule has 28 heavy (non-hydrogen) atoms. The summed E-state index contributed by atoms with van der Waals surface area (Å²) in [6.07, 6.45) is 0.251. The van der Waals surface area contributed by atoms with Crippen LogP contribution in [-0.4, -0.2) is 49.8 Å². The molecule has 1 unspecified atom stereocenters. The van der Waals surface area contributed by atoms with Crippen LogP contribution >= 0.6 is 0 Å². The number of ether oxygens (including phenoxy) is 3. The van der Waals surface area contributed by atoms with Gasteiger partial charge < -0.3 is 19.5 Å². The van der Waals surface area contributed by atoms with Crippen LogP contribution in [0.2, 0.25) is 0 Å². The molecular formula is C21H33NO6. The van der Waals surface area contributed by atoms with Crippen molar-refractivity contribution in [2.75, 3.05) is 13.6 Å². The Labute approximate surface area is 166 Å². The quantitative estimate of drug-likeness (QED) is 0.574. The summed E-state index contributed by atoms with van der Waals surface area (Å²) < 4.78 is 17.5. The number of hydrogen-bond acceptors (Lipinski definition) is 7. The summed E-state index contributed by atoms with van der Waals surface area (Å²) in [5, 5.41) is 3.08. The van der Waals surface area contributed by atoms with Crippen LogP contribution in [0.25, 0.3) is 0 Å². The lowest BCUT2D eigenvalue weighted by Gasteiger charge is -2.45. The molecule has 158 valence electrons. The summed E-state index contributed by atoms with van der Waals surface area (Å²) in [5.41, 5.74) is -0.574. The van der Waals surface area contributed by atoms with Crippen molar-refractivity contribution in [1.29, 1.82) is 0 Å². The van der Waals surface area contributed by atoms with Crippen molar-refractivity contribution in [2.45, 2.75) is 65.8 Å². The summed E-state index contributed by atoms with van der Waals surface area (Å²) >= 11 is 0. The van der Waals surface area contributed by atoms with Crippen molar-refractivity contribution in [3.05, 3.63) is 0 Å². The van der Waals surface area contributed by atoms with E-state index in [9.17, 15) is 14.4 Å². The van der Waals surface area contributed by atoms with E-state index in [-0.39, 0.29) is 47.9 Å². The zero-order valence-electron chi connectivity index (χ0n) is 17.7. The minimum atomic E-state index is -0.574. The largest absolute Gasteiger partial charge is 0.462 e. The smallest absolute Gasteiger partial charge is 0.311 e. The third-order valence-electron chi connectivity index (χ3n) is 7.28. The Morgan fingerprint density at radius 3 is 2.32 bits per heavy atom. The molecule has 7 nitrogen and oxygen atoms in total. The third-order valence-corrected chi connectivity index (χ3v) is 7.28. The SMILES string of the molecule is CNCC1C(=O)O[C@H]2C[C@@H](C)[C@@H]3[C@@H](C)C[C@H](OC(C)=O)[C@@]3(C)[C@@H](OC(C)=O)[C@H]12. The molecule has 0 spiro atoms. The molecule has 0 aromatic rings. The van der Waals surface area contributed by atoms with Crippen LogP contribution in [0.15, 0.2) is 0 Å². The first-order valence-corrected chi connectivity index (χ1v) is 10.3. The Bertz CT molecular complexity index is 651. The highest BCUT2D eigenvalue weighted by Gasteiger charge is 2.66. The number of carbonyl (C=O) groups is 3. The van der Waals surface area contributed by atoms with Crippen molar-refractivity contribution in [3.63, 3.8) is 0 Å². The molecule has 1 N–H and O–H groups in total. The monoisotopic (exact) mass is 395 g/mol. The van der Waals surface area contributed by atoms with Gasteiger partial charge in [0.05, 0.1) is 5.92 Å². The van der Waals surface area contributed by atoms with E-state index in [4.69, 9.17) is 14.2 Å². The molecule has 2 saturated carbocycles. The lowest BCUT2D eigenvalue weighted by atomic mass is 9.65. The van der Waals surface area contributed by atoms with E-state index in [1.165, 1.54) is 13.8 Å². The Morgan fingerprint density at radius 1 is 1.14 bits per heavy atom. The van der Waals surface area contributed by atoms with Gasteiger partial charge in [0.1, 0.15) is 18.3 Å². The van der Waals surface area contributed by atoms with E-state index in [1.807, 2.05) is 0 Å². The molecule has 9 atom stereocenters. The van der Waals surface area contributed by atoms with Crippen molar-refractivity contribution in [3.8, 4) is 0 Å². The third kappa shape index (κ3) is 3.31. The van der Waals surface area contributed by atoms with Crippen LogP contribution in [0, 0.1) is 35.0 Å². The molecule has 2 aliphatic carbocycles. The molecule has 7 heteroatoms. The first-order chi connectivity index (χ1) is 13.1. The first kappa shape index (κ1) is 21.1. The van der Waals surface area contributed by atoms with Crippen molar-refractivity contribution in [2.24, 2.45) is 35.0 Å². The van der Waals surface area contributed by atoms with Crippen molar-refractivity contribution in [1.82, 2.24) is 5.32 Å². The fourth-order valence-electron chi connectivity index (χ4n) is 6.58. The predicted molar refractivity (Wildman–Crippen MR) is 101 cm³/mol. The van der Waals surface area contributed by atoms with Gasteiger partial charge in [-0.05, 0) is 37.6 Å². The van der Waals surface area contributed by atoms with Crippen molar-refractivity contribution >= 4 is 17.9 Å². The molecule has 0 amide bonds. The van der Waals surface area contributed by atoms with E-state index in [0.717, 1.165) is 12.8 Å². The average Bonchev–Trinajstić information content (AvgIpc) is 2.96. The molecular weight excluding hydrogens is 362 g/mol. The van der Waals surface area contributed by atoms with Gasteiger partial charge in [0, 0.05) is 31.7 Å². The minimum Gasteiger partial charge on any atom is -0.462 e. The second-order valence-corrected chi connectivity index (χ2v) is 9.16. The number of hydrogen-bond donors (Lipinski definition) is 1. The number of rotatable bonds is 4. The molecule has 3 rings (SSSR count). The van der Waals surface area contributed by atoms with Gasteiger partial charge >= 0.3 is 17.9 Å². The van der Waals surface area contributed by atoms with Crippen LogP contribution in [-0.2, 0) is 28.6 Å². The topological polar surface area (TPSA) is 90.9 Å². The second-order valence-electron chi connectivity index (χ2n) is 9.16. The minimum absolute atomic E-state index is 0.195. The molecule has 1 saturated heterocycles. The lowest BCUT2D eigenvalue weighted by Crippen LogP contribution is -2.53. The van der Waals surface area contributed by atoms with E-state index in [0.29, 0.717) is 12.5 Å². The van der Waals surface area contributed by atoms with Gasteiger partial charge in [-0.25, -0.2) is 0 Å². The Morgan fingerprint density at radius 2 is 1.75 bits per heavy atom. The lowest BCUT2D eigenvalue weighted by molar-refractivity contribution is -0.180. The highest BCUT2D eigenvalue weighted by molar-refractivity contribution is 5.76. The van der Waals surface area contributed by atoms with Crippen molar-refractivity contribution < 1.29 is 28.6 Å². The number of nitrogens with one attached hydrogen (secondary N) is 1. The second kappa shape index (κ2) is 7.65. The van der Waals surface area contributed by atoms with Crippen LogP contribution in [0.4, 0.5) is 0 Å². The van der Waals surface area contributed by atoms with E-state index in [1.54, 1.807) is 7.05 Å². The fourth-order valence-corrected chi connectivity index (χ4v) is 6.58. The zero-order chi connectivity index (χ0) is 20.8.